The Balaban J connectivity index is 1.81. The lowest BCUT2D eigenvalue weighted by Crippen LogP contribution is -2.13. The number of furan rings is 1. The minimum atomic E-state index is -0.490. The van der Waals surface area contributed by atoms with Crippen molar-refractivity contribution in [3.05, 3.63) is 59.2 Å². The molecule has 0 saturated heterocycles. The number of hydrogen-bond donors (Lipinski definition) is 2. The molecule has 3 rings (SSSR count). The number of halogens is 1. The molecular weight excluding hydrogens is 285 g/mol. The van der Waals surface area contributed by atoms with Gasteiger partial charge < -0.3 is 9.73 Å². The van der Waals surface area contributed by atoms with Gasteiger partial charge in [-0.15, -0.1) is 0 Å². The van der Waals surface area contributed by atoms with Crippen LogP contribution in [-0.2, 0) is 0 Å². The van der Waals surface area contributed by atoms with Crippen molar-refractivity contribution in [1.82, 2.24) is 10.2 Å². The molecule has 0 atom stereocenters. The highest BCUT2D eigenvalue weighted by molar-refractivity contribution is 6.03. The zero-order chi connectivity index (χ0) is 15.7. The van der Waals surface area contributed by atoms with E-state index in [9.17, 15) is 9.18 Å². The van der Waals surface area contributed by atoms with E-state index in [1.807, 2.05) is 19.9 Å². The standard InChI is InChI=1S/C16H14FN3O2/c1-9-3-5-11(17)12(7-9)18-16(21)14-8-13(19-20-14)15-6-4-10(2)22-15/h3-8H,1-2H3,(H,18,21)(H,19,20). The predicted molar refractivity (Wildman–Crippen MR) is 80.1 cm³/mol. The number of anilines is 1. The van der Waals surface area contributed by atoms with E-state index in [2.05, 4.69) is 15.5 Å². The Morgan fingerprint density at radius 1 is 1.23 bits per heavy atom. The molecule has 0 unspecified atom stereocenters. The van der Waals surface area contributed by atoms with Gasteiger partial charge in [0, 0.05) is 6.07 Å². The first-order chi connectivity index (χ1) is 10.5. The number of carbonyl (C=O) groups excluding carboxylic acids is 1. The highest BCUT2D eigenvalue weighted by Gasteiger charge is 2.15. The van der Waals surface area contributed by atoms with Crippen LogP contribution in [0.25, 0.3) is 11.5 Å². The fourth-order valence-electron chi connectivity index (χ4n) is 2.06. The van der Waals surface area contributed by atoms with Crippen LogP contribution in [0, 0.1) is 19.7 Å². The first kappa shape index (κ1) is 14.1. The summed E-state index contributed by atoms with van der Waals surface area (Å²) in [6.07, 6.45) is 0. The van der Waals surface area contributed by atoms with Crippen LogP contribution in [-0.4, -0.2) is 16.1 Å². The fourth-order valence-corrected chi connectivity index (χ4v) is 2.06. The van der Waals surface area contributed by atoms with Crippen molar-refractivity contribution in [2.45, 2.75) is 13.8 Å². The molecule has 0 aliphatic rings. The summed E-state index contributed by atoms with van der Waals surface area (Å²) in [7, 11) is 0. The summed E-state index contributed by atoms with van der Waals surface area (Å²) >= 11 is 0. The summed E-state index contributed by atoms with van der Waals surface area (Å²) in [6.45, 7) is 3.65. The normalized spacial score (nSPS) is 10.7. The molecule has 0 saturated carbocycles. The van der Waals surface area contributed by atoms with E-state index in [0.717, 1.165) is 11.3 Å². The van der Waals surface area contributed by atoms with E-state index < -0.39 is 11.7 Å². The molecule has 22 heavy (non-hydrogen) atoms. The van der Waals surface area contributed by atoms with E-state index in [1.165, 1.54) is 6.07 Å². The van der Waals surface area contributed by atoms with Gasteiger partial charge in [-0.1, -0.05) is 6.07 Å². The number of benzene rings is 1. The number of amides is 1. The highest BCUT2D eigenvalue weighted by Crippen LogP contribution is 2.21. The molecule has 0 aliphatic carbocycles. The maximum atomic E-state index is 13.7. The van der Waals surface area contributed by atoms with Gasteiger partial charge in [-0.05, 0) is 43.7 Å². The Hall–Kier alpha value is -2.89. The molecule has 1 amide bonds. The molecule has 2 heterocycles. The number of carbonyl (C=O) groups is 1. The Morgan fingerprint density at radius 2 is 2.05 bits per heavy atom. The number of rotatable bonds is 3. The van der Waals surface area contributed by atoms with Crippen LogP contribution >= 0.6 is 0 Å². The summed E-state index contributed by atoms with van der Waals surface area (Å²) in [5.41, 5.74) is 1.72. The third-order valence-electron chi connectivity index (χ3n) is 3.19. The number of aromatic nitrogens is 2. The maximum absolute atomic E-state index is 13.7. The second kappa shape index (κ2) is 5.48. The average molecular weight is 299 g/mol. The lowest BCUT2D eigenvalue weighted by atomic mass is 10.2. The first-order valence-corrected chi connectivity index (χ1v) is 6.72. The Kier molecular flexibility index (Phi) is 3.50. The van der Waals surface area contributed by atoms with E-state index in [4.69, 9.17) is 4.42 Å². The average Bonchev–Trinajstić information content (AvgIpc) is 3.11. The summed E-state index contributed by atoms with van der Waals surface area (Å²) in [5, 5.41) is 9.17. The highest BCUT2D eigenvalue weighted by atomic mass is 19.1. The van der Waals surface area contributed by atoms with Gasteiger partial charge in [0.15, 0.2) is 11.5 Å². The number of hydrogen-bond acceptors (Lipinski definition) is 3. The molecule has 0 radical (unpaired) electrons. The molecule has 2 N–H and O–H groups in total. The second-order valence-electron chi connectivity index (χ2n) is 5.01. The third kappa shape index (κ3) is 2.76. The SMILES string of the molecule is Cc1ccc(F)c(NC(=O)c2cc(-c3ccc(C)o3)[nH]n2)c1. The van der Waals surface area contributed by atoms with Gasteiger partial charge in [0.05, 0.1) is 5.69 Å². The predicted octanol–water partition coefficient (Wildman–Crippen LogP) is 3.68. The molecule has 2 aromatic heterocycles. The van der Waals surface area contributed by atoms with Gasteiger partial charge in [0.25, 0.3) is 5.91 Å². The molecule has 0 spiro atoms. The molecule has 3 aromatic rings. The maximum Gasteiger partial charge on any atom is 0.276 e. The zero-order valence-corrected chi connectivity index (χ0v) is 12.1. The number of H-pyrrole nitrogens is 1. The topological polar surface area (TPSA) is 70.9 Å². The minimum absolute atomic E-state index is 0.128. The molecular formula is C16H14FN3O2. The lowest BCUT2D eigenvalue weighted by molar-refractivity contribution is 0.102. The quantitative estimate of drug-likeness (QED) is 0.775. The van der Waals surface area contributed by atoms with Gasteiger partial charge >= 0.3 is 0 Å². The van der Waals surface area contributed by atoms with Crippen LogP contribution in [0.2, 0.25) is 0 Å². The Labute approximate surface area is 126 Å². The van der Waals surface area contributed by atoms with E-state index in [1.54, 1.807) is 24.3 Å². The van der Waals surface area contributed by atoms with Crippen molar-refractivity contribution >= 4 is 11.6 Å². The van der Waals surface area contributed by atoms with Gasteiger partial charge in [-0.25, -0.2) is 4.39 Å². The molecule has 5 nitrogen and oxygen atoms in total. The molecule has 6 heteroatoms. The van der Waals surface area contributed by atoms with Crippen LogP contribution in [0.4, 0.5) is 10.1 Å². The molecule has 112 valence electrons. The minimum Gasteiger partial charge on any atom is -0.460 e. The third-order valence-corrected chi connectivity index (χ3v) is 3.19. The van der Waals surface area contributed by atoms with Crippen molar-refractivity contribution < 1.29 is 13.6 Å². The van der Waals surface area contributed by atoms with Gasteiger partial charge in [-0.2, -0.15) is 5.10 Å². The van der Waals surface area contributed by atoms with Gasteiger partial charge in [0.2, 0.25) is 0 Å². The van der Waals surface area contributed by atoms with E-state index >= 15 is 0 Å². The van der Waals surface area contributed by atoms with E-state index in [-0.39, 0.29) is 11.4 Å². The van der Waals surface area contributed by atoms with Crippen LogP contribution in [0.5, 0.6) is 0 Å². The van der Waals surface area contributed by atoms with Crippen LogP contribution in [0.1, 0.15) is 21.8 Å². The van der Waals surface area contributed by atoms with Crippen LogP contribution in [0.3, 0.4) is 0 Å². The monoisotopic (exact) mass is 299 g/mol. The zero-order valence-electron chi connectivity index (χ0n) is 12.1. The smallest absolute Gasteiger partial charge is 0.276 e. The lowest BCUT2D eigenvalue weighted by Gasteiger charge is -2.05. The van der Waals surface area contributed by atoms with Crippen molar-refractivity contribution in [2.24, 2.45) is 0 Å². The van der Waals surface area contributed by atoms with Crippen molar-refractivity contribution in [3.63, 3.8) is 0 Å². The molecule has 0 bridgehead atoms. The van der Waals surface area contributed by atoms with E-state index in [0.29, 0.717) is 11.5 Å². The number of nitrogens with one attached hydrogen (secondary N) is 2. The number of aryl methyl sites for hydroxylation is 2. The molecule has 1 aromatic carbocycles. The second-order valence-corrected chi connectivity index (χ2v) is 5.01. The van der Waals surface area contributed by atoms with Gasteiger partial charge in [0.1, 0.15) is 17.3 Å². The summed E-state index contributed by atoms with van der Waals surface area (Å²) < 4.78 is 19.1. The number of aromatic amines is 1. The Bertz CT molecular complexity index is 836. The fraction of sp³-hybridized carbons (Fsp3) is 0.125. The molecule has 0 aliphatic heterocycles. The van der Waals surface area contributed by atoms with Crippen LogP contribution < -0.4 is 5.32 Å². The van der Waals surface area contributed by atoms with Gasteiger partial charge in [-0.3, -0.25) is 9.89 Å². The molecule has 0 fully saturated rings. The Morgan fingerprint density at radius 3 is 2.77 bits per heavy atom. The number of nitrogens with zero attached hydrogens (tertiary/aromatic N) is 1. The van der Waals surface area contributed by atoms with Crippen molar-refractivity contribution in [2.75, 3.05) is 5.32 Å². The largest absolute Gasteiger partial charge is 0.460 e. The summed E-state index contributed by atoms with van der Waals surface area (Å²) in [4.78, 5) is 12.1. The van der Waals surface area contributed by atoms with Crippen molar-refractivity contribution in [3.8, 4) is 11.5 Å². The summed E-state index contributed by atoms with van der Waals surface area (Å²) in [5.74, 6) is 0.370. The first-order valence-electron chi connectivity index (χ1n) is 6.72. The van der Waals surface area contributed by atoms with Crippen molar-refractivity contribution in [1.29, 1.82) is 0 Å². The van der Waals surface area contributed by atoms with Crippen LogP contribution in [0.15, 0.2) is 40.8 Å². The summed E-state index contributed by atoms with van der Waals surface area (Å²) in [6, 6.07) is 9.67.